The molecular formula is C15H23N3OS. The molecule has 2 atom stereocenters. The molecule has 1 aromatic heterocycles. The van der Waals surface area contributed by atoms with Gasteiger partial charge in [-0.15, -0.1) is 0 Å². The quantitative estimate of drug-likeness (QED) is 0.818. The van der Waals surface area contributed by atoms with Gasteiger partial charge in [-0.25, -0.2) is 0 Å². The lowest BCUT2D eigenvalue weighted by molar-refractivity contribution is -0.0725. The third-order valence-electron chi connectivity index (χ3n) is 4.24. The summed E-state index contributed by atoms with van der Waals surface area (Å²) in [4.78, 5) is 6.91. The second kappa shape index (κ2) is 5.92. The lowest BCUT2D eigenvalue weighted by atomic mass is 9.91. The van der Waals surface area contributed by atoms with Gasteiger partial charge in [0.2, 0.25) is 0 Å². The molecule has 1 aromatic rings. The Bertz CT molecular complexity index is 437. The van der Waals surface area contributed by atoms with Crippen molar-refractivity contribution >= 4 is 18.3 Å². The summed E-state index contributed by atoms with van der Waals surface area (Å²) in [6.45, 7) is 6.84. The van der Waals surface area contributed by atoms with Crippen LogP contribution in [-0.2, 0) is 4.74 Å². The van der Waals surface area contributed by atoms with Gasteiger partial charge in [-0.05, 0) is 31.9 Å². The third kappa shape index (κ3) is 2.95. The van der Waals surface area contributed by atoms with E-state index in [1.54, 1.807) is 0 Å². The normalized spacial score (nSPS) is 28.6. The predicted octanol–water partition coefficient (Wildman–Crippen LogP) is 2.03. The van der Waals surface area contributed by atoms with Crippen LogP contribution in [-0.4, -0.2) is 43.4 Å². The van der Waals surface area contributed by atoms with E-state index in [0.29, 0.717) is 0 Å². The zero-order chi connectivity index (χ0) is 14.0. The van der Waals surface area contributed by atoms with Gasteiger partial charge >= 0.3 is 0 Å². The molecule has 2 saturated heterocycles. The smallest absolute Gasteiger partial charge is 0.0981 e. The number of piperidine rings is 1. The zero-order valence-corrected chi connectivity index (χ0v) is 12.9. The Morgan fingerprint density at radius 2 is 2.40 bits per heavy atom. The number of nitrogens with zero attached hydrogens (tertiary/aromatic N) is 2. The van der Waals surface area contributed by atoms with Gasteiger partial charge in [0.1, 0.15) is 0 Å². The minimum atomic E-state index is -0.00793. The van der Waals surface area contributed by atoms with E-state index in [9.17, 15) is 0 Å². The van der Waals surface area contributed by atoms with Crippen LogP contribution in [0.1, 0.15) is 30.7 Å². The number of thiol groups is 1. The van der Waals surface area contributed by atoms with Crippen molar-refractivity contribution in [1.29, 1.82) is 0 Å². The topological polar surface area (TPSA) is 37.4 Å². The molecule has 0 bridgehead atoms. The number of anilines is 1. The van der Waals surface area contributed by atoms with Gasteiger partial charge in [-0.2, -0.15) is 12.6 Å². The first-order valence-corrected chi connectivity index (χ1v) is 7.94. The van der Waals surface area contributed by atoms with Crippen LogP contribution in [0.5, 0.6) is 0 Å². The molecule has 20 heavy (non-hydrogen) atoms. The van der Waals surface area contributed by atoms with E-state index < -0.39 is 0 Å². The molecule has 0 saturated carbocycles. The van der Waals surface area contributed by atoms with E-state index >= 15 is 0 Å². The van der Waals surface area contributed by atoms with Gasteiger partial charge in [0.15, 0.2) is 0 Å². The van der Waals surface area contributed by atoms with Crippen LogP contribution in [0.2, 0.25) is 0 Å². The van der Waals surface area contributed by atoms with Crippen molar-refractivity contribution in [3.8, 4) is 0 Å². The molecule has 1 spiro atoms. The highest BCUT2D eigenvalue weighted by atomic mass is 32.1. The number of morpholine rings is 1. The number of hydrogen-bond donors (Lipinski definition) is 2. The van der Waals surface area contributed by atoms with Crippen LogP contribution in [0.3, 0.4) is 0 Å². The number of ether oxygens (including phenoxy) is 1. The lowest BCUT2D eigenvalue weighted by Crippen LogP contribution is -2.58. The summed E-state index contributed by atoms with van der Waals surface area (Å²) in [7, 11) is 0. The molecule has 2 aliphatic heterocycles. The average Bonchev–Trinajstić information content (AvgIpc) is 2.48. The molecule has 1 unspecified atom stereocenters. The van der Waals surface area contributed by atoms with Crippen molar-refractivity contribution in [3.05, 3.63) is 24.0 Å². The van der Waals surface area contributed by atoms with Gasteiger partial charge in [0, 0.05) is 31.4 Å². The maximum absolute atomic E-state index is 6.08. The molecule has 2 aliphatic rings. The van der Waals surface area contributed by atoms with Crippen molar-refractivity contribution in [2.24, 2.45) is 0 Å². The monoisotopic (exact) mass is 293 g/mol. The van der Waals surface area contributed by atoms with Crippen molar-refractivity contribution in [2.45, 2.75) is 30.6 Å². The van der Waals surface area contributed by atoms with Crippen molar-refractivity contribution in [1.82, 2.24) is 10.3 Å². The second-order valence-electron chi connectivity index (χ2n) is 5.85. The summed E-state index contributed by atoms with van der Waals surface area (Å²) in [6, 6.07) is 4.23. The number of rotatable bonds is 2. The fraction of sp³-hybridized carbons (Fsp3) is 0.667. The number of pyridine rings is 1. The van der Waals surface area contributed by atoms with E-state index in [-0.39, 0.29) is 10.9 Å². The lowest BCUT2D eigenvalue weighted by Gasteiger charge is -2.45. The minimum absolute atomic E-state index is 0.00793. The number of nitrogens with one attached hydrogen (secondary N) is 1. The van der Waals surface area contributed by atoms with Crippen LogP contribution in [0.4, 0.5) is 5.69 Å². The zero-order valence-electron chi connectivity index (χ0n) is 12.0. The SMILES string of the molecule is CC(S)c1ccc(N2CCC[C@]3(CNCCO3)C2)cn1. The Hall–Kier alpha value is -0.780. The third-order valence-corrected chi connectivity index (χ3v) is 4.50. The first kappa shape index (κ1) is 14.2. The predicted molar refractivity (Wildman–Crippen MR) is 84.6 cm³/mol. The molecule has 3 heterocycles. The Labute approximate surface area is 126 Å². The summed E-state index contributed by atoms with van der Waals surface area (Å²) in [5.74, 6) is 0. The maximum Gasteiger partial charge on any atom is 0.0981 e. The van der Waals surface area contributed by atoms with E-state index in [1.807, 2.05) is 13.1 Å². The summed E-state index contributed by atoms with van der Waals surface area (Å²) < 4.78 is 6.08. The first-order valence-electron chi connectivity index (χ1n) is 7.42. The summed E-state index contributed by atoms with van der Waals surface area (Å²) in [5.41, 5.74) is 2.21. The fourth-order valence-electron chi connectivity index (χ4n) is 3.12. The Balaban J connectivity index is 1.73. The van der Waals surface area contributed by atoms with E-state index in [2.05, 4.69) is 40.0 Å². The summed E-state index contributed by atoms with van der Waals surface area (Å²) in [6.07, 6.45) is 4.29. The minimum Gasteiger partial charge on any atom is -0.371 e. The molecule has 0 radical (unpaired) electrons. The Morgan fingerprint density at radius 3 is 3.05 bits per heavy atom. The van der Waals surface area contributed by atoms with Crippen molar-refractivity contribution in [3.63, 3.8) is 0 Å². The molecule has 3 rings (SSSR count). The molecule has 4 nitrogen and oxygen atoms in total. The van der Waals surface area contributed by atoms with Crippen LogP contribution in [0.25, 0.3) is 0 Å². The maximum atomic E-state index is 6.08. The Kier molecular flexibility index (Phi) is 4.19. The van der Waals surface area contributed by atoms with E-state index in [4.69, 9.17) is 4.74 Å². The average molecular weight is 293 g/mol. The highest BCUT2D eigenvalue weighted by molar-refractivity contribution is 7.80. The number of aromatic nitrogens is 1. The highest BCUT2D eigenvalue weighted by Crippen LogP contribution is 2.30. The van der Waals surface area contributed by atoms with Gasteiger partial charge < -0.3 is 15.0 Å². The van der Waals surface area contributed by atoms with Crippen LogP contribution >= 0.6 is 12.6 Å². The van der Waals surface area contributed by atoms with Gasteiger partial charge in [0.05, 0.1) is 29.8 Å². The molecule has 1 N–H and O–H groups in total. The van der Waals surface area contributed by atoms with Crippen LogP contribution in [0, 0.1) is 0 Å². The second-order valence-corrected chi connectivity index (χ2v) is 6.63. The summed E-state index contributed by atoms with van der Waals surface area (Å²) >= 11 is 4.42. The van der Waals surface area contributed by atoms with Gasteiger partial charge in [-0.3, -0.25) is 4.98 Å². The van der Waals surface area contributed by atoms with E-state index in [0.717, 1.165) is 44.9 Å². The molecule has 5 heteroatoms. The summed E-state index contributed by atoms with van der Waals surface area (Å²) in [5, 5.41) is 3.65. The molecule has 110 valence electrons. The highest BCUT2D eigenvalue weighted by Gasteiger charge is 2.38. The van der Waals surface area contributed by atoms with Gasteiger partial charge in [0.25, 0.3) is 0 Å². The molecular weight excluding hydrogens is 270 g/mol. The van der Waals surface area contributed by atoms with Crippen LogP contribution < -0.4 is 10.2 Å². The molecule has 0 aliphatic carbocycles. The Morgan fingerprint density at radius 1 is 1.50 bits per heavy atom. The first-order chi connectivity index (χ1) is 9.69. The van der Waals surface area contributed by atoms with Crippen molar-refractivity contribution in [2.75, 3.05) is 37.7 Å². The fourth-order valence-corrected chi connectivity index (χ4v) is 3.27. The van der Waals surface area contributed by atoms with E-state index in [1.165, 1.54) is 12.1 Å². The molecule has 0 aromatic carbocycles. The van der Waals surface area contributed by atoms with Crippen LogP contribution in [0.15, 0.2) is 18.3 Å². The standard InChI is InChI=1S/C15H23N3OS/c1-12(20)14-4-3-13(9-17-14)18-7-2-5-15(11-18)10-16-6-8-19-15/h3-4,9,12,16,20H,2,5-8,10-11H2,1H3/t12?,15-/m0/s1. The van der Waals surface area contributed by atoms with Crippen molar-refractivity contribution < 1.29 is 4.74 Å². The molecule has 0 amide bonds. The largest absolute Gasteiger partial charge is 0.371 e. The number of hydrogen-bond acceptors (Lipinski definition) is 5. The molecule has 2 fully saturated rings. The van der Waals surface area contributed by atoms with Gasteiger partial charge in [-0.1, -0.05) is 0 Å².